The van der Waals surface area contributed by atoms with Gasteiger partial charge in [-0.1, -0.05) is 44.2 Å². The van der Waals surface area contributed by atoms with Crippen molar-refractivity contribution in [3.8, 4) is 0 Å². The Morgan fingerprint density at radius 1 is 1.06 bits per heavy atom. The van der Waals surface area contributed by atoms with E-state index in [2.05, 4.69) is 0 Å². The lowest BCUT2D eigenvalue weighted by Gasteiger charge is -2.31. The fourth-order valence-electron chi connectivity index (χ4n) is 2.84. The van der Waals surface area contributed by atoms with Gasteiger partial charge in [0.25, 0.3) is 0 Å². The summed E-state index contributed by atoms with van der Waals surface area (Å²) in [4.78, 5) is 0. The molecule has 1 aliphatic rings. The van der Waals surface area contributed by atoms with Crippen molar-refractivity contribution in [3.05, 3.63) is 35.6 Å². The zero-order valence-electron chi connectivity index (χ0n) is 10.4. The lowest BCUT2D eigenvalue weighted by Crippen LogP contribution is -2.42. The van der Waals surface area contributed by atoms with Crippen LogP contribution in [0.15, 0.2) is 24.3 Å². The fourth-order valence-corrected chi connectivity index (χ4v) is 2.84. The molecule has 1 fully saturated rings. The number of hydrogen-bond donors (Lipinski definition) is 1. The van der Waals surface area contributed by atoms with Gasteiger partial charge in [0, 0.05) is 5.54 Å². The minimum absolute atomic E-state index is 0.117. The highest BCUT2D eigenvalue weighted by atomic mass is 19.1. The summed E-state index contributed by atoms with van der Waals surface area (Å²) in [6.45, 7) is 0. The molecule has 0 saturated heterocycles. The average molecular weight is 235 g/mol. The Morgan fingerprint density at radius 2 is 1.71 bits per heavy atom. The molecule has 1 aromatic rings. The largest absolute Gasteiger partial charge is 0.325 e. The van der Waals surface area contributed by atoms with E-state index in [1.165, 1.54) is 38.2 Å². The second kappa shape index (κ2) is 5.63. The molecule has 0 atom stereocenters. The Hall–Kier alpha value is -0.890. The highest BCUT2D eigenvalue weighted by Crippen LogP contribution is 2.27. The van der Waals surface area contributed by atoms with Gasteiger partial charge in [-0.15, -0.1) is 0 Å². The number of nitrogens with two attached hydrogens (primary N) is 1. The molecular weight excluding hydrogens is 213 g/mol. The van der Waals surface area contributed by atoms with Gasteiger partial charge < -0.3 is 5.73 Å². The lowest BCUT2D eigenvalue weighted by atomic mass is 9.80. The molecule has 2 heteroatoms. The van der Waals surface area contributed by atoms with Crippen molar-refractivity contribution in [2.24, 2.45) is 5.73 Å². The number of rotatable bonds is 2. The molecule has 2 rings (SSSR count). The van der Waals surface area contributed by atoms with Gasteiger partial charge in [-0.25, -0.2) is 4.39 Å². The summed E-state index contributed by atoms with van der Waals surface area (Å²) >= 11 is 0. The first-order valence-electron chi connectivity index (χ1n) is 6.71. The molecule has 0 spiro atoms. The maximum atomic E-state index is 13.2. The van der Waals surface area contributed by atoms with E-state index >= 15 is 0 Å². The van der Waals surface area contributed by atoms with Crippen molar-refractivity contribution >= 4 is 0 Å². The SMILES string of the molecule is NC1(Cc2cccc(F)c2)CCCCCCC1. The smallest absolute Gasteiger partial charge is 0.123 e. The second-order valence-electron chi connectivity index (χ2n) is 5.44. The van der Waals surface area contributed by atoms with Crippen LogP contribution in [0.4, 0.5) is 4.39 Å². The van der Waals surface area contributed by atoms with Gasteiger partial charge in [0.05, 0.1) is 0 Å². The molecule has 0 unspecified atom stereocenters. The first-order chi connectivity index (χ1) is 8.18. The van der Waals surface area contributed by atoms with Gasteiger partial charge >= 0.3 is 0 Å². The van der Waals surface area contributed by atoms with Crippen LogP contribution in [0.3, 0.4) is 0 Å². The van der Waals surface area contributed by atoms with Crippen molar-refractivity contribution in [2.75, 3.05) is 0 Å². The highest BCUT2D eigenvalue weighted by Gasteiger charge is 2.25. The summed E-state index contributed by atoms with van der Waals surface area (Å²) in [5.41, 5.74) is 7.41. The molecule has 0 aliphatic heterocycles. The average Bonchev–Trinajstić information content (AvgIpc) is 2.24. The Morgan fingerprint density at radius 3 is 2.35 bits per heavy atom. The monoisotopic (exact) mass is 235 g/mol. The van der Waals surface area contributed by atoms with Crippen LogP contribution in [0.5, 0.6) is 0 Å². The Balaban J connectivity index is 2.03. The van der Waals surface area contributed by atoms with Crippen LogP contribution in [0.25, 0.3) is 0 Å². The summed E-state index contributed by atoms with van der Waals surface area (Å²) in [6, 6.07) is 6.87. The molecule has 2 N–H and O–H groups in total. The maximum Gasteiger partial charge on any atom is 0.123 e. The molecule has 0 amide bonds. The highest BCUT2D eigenvalue weighted by molar-refractivity contribution is 5.19. The van der Waals surface area contributed by atoms with Gasteiger partial charge in [0.15, 0.2) is 0 Å². The van der Waals surface area contributed by atoms with Crippen molar-refractivity contribution in [1.29, 1.82) is 0 Å². The van der Waals surface area contributed by atoms with E-state index in [9.17, 15) is 4.39 Å². The minimum Gasteiger partial charge on any atom is -0.325 e. The van der Waals surface area contributed by atoms with Crippen LogP contribution in [-0.4, -0.2) is 5.54 Å². The molecule has 0 bridgehead atoms. The predicted octanol–water partition coefficient (Wildman–Crippen LogP) is 3.81. The van der Waals surface area contributed by atoms with Gasteiger partial charge in [0.1, 0.15) is 5.82 Å². The quantitative estimate of drug-likeness (QED) is 0.828. The zero-order valence-corrected chi connectivity index (χ0v) is 10.4. The van der Waals surface area contributed by atoms with E-state index < -0.39 is 0 Å². The molecule has 17 heavy (non-hydrogen) atoms. The van der Waals surface area contributed by atoms with E-state index in [1.54, 1.807) is 12.1 Å². The first-order valence-corrected chi connectivity index (χ1v) is 6.71. The van der Waals surface area contributed by atoms with Crippen LogP contribution >= 0.6 is 0 Å². The van der Waals surface area contributed by atoms with Crippen LogP contribution in [-0.2, 0) is 6.42 Å². The van der Waals surface area contributed by atoms with E-state index in [0.717, 1.165) is 24.8 Å². The Kier molecular flexibility index (Phi) is 4.16. The molecule has 1 aromatic carbocycles. The standard InChI is InChI=1S/C15H22FN/c16-14-8-6-7-13(11-14)12-15(17)9-4-2-1-3-5-10-15/h6-8,11H,1-5,9-10,12,17H2. The topological polar surface area (TPSA) is 26.0 Å². The third kappa shape index (κ3) is 3.81. The van der Waals surface area contributed by atoms with E-state index in [1.807, 2.05) is 6.07 Å². The van der Waals surface area contributed by atoms with Crippen LogP contribution < -0.4 is 5.73 Å². The Bertz CT molecular complexity index is 354. The molecule has 1 saturated carbocycles. The molecule has 1 aliphatic carbocycles. The summed E-state index contributed by atoms with van der Waals surface area (Å²) < 4.78 is 13.2. The molecular formula is C15H22FN. The van der Waals surface area contributed by atoms with Gasteiger partial charge in [-0.3, -0.25) is 0 Å². The molecule has 1 nitrogen and oxygen atoms in total. The normalized spacial score (nSPS) is 20.6. The molecule has 0 aromatic heterocycles. The van der Waals surface area contributed by atoms with Crippen LogP contribution in [0, 0.1) is 5.82 Å². The third-order valence-corrected chi connectivity index (χ3v) is 3.79. The second-order valence-corrected chi connectivity index (χ2v) is 5.44. The molecule has 0 radical (unpaired) electrons. The van der Waals surface area contributed by atoms with Gasteiger partial charge in [0.2, 0.25) is 0 Å². The zero-order chi connectivity index (χ0) is 12.1. The molecule has 0 heterocycles. The van der Waals surface area contributed by atoms with Crippen LogP contribution in [0.1, 0.15) is 50.5 Å². The third-order valence-electron chi connectivity index (χ3n) is 3.79. The molecule has 94 valence electrons. The van der Waals surface area contributed by atoms with E-state index in [0.29, 0.717) is 0 Å². The number of benzene rings is 1. The maximum absolute atomic E-state index is 13.2. The number of halogens is 1. The summed E-state index contributed by atoms with van der Waals surface area (Å²) in [6.07, 6.45) is 9.32. The minimum atomic E-state index is -0.156. The lowest BCUT2D eigenvalue weighted by molar-refractivity contribution is 0.314. The summed E-state index contributed by atoms with van der Waals surface area (Å²) in [7, 11) is 0. The Labute approximate surface area is 103 Å². The fraction of sp³-hybridized carbons (Fsp3) is 0.600. The predicted molar refractivity (Wildman–Crippen MR) is 69.3 cm³/mol. The summed E-state index contributed by atoms with van der Waals surface area (Å²) in [5.74, 6) is -0.156. The van der Waals surface area contributed by atoms with Crippen molar-refractivity contribution < 1.29 is 4.39 Å². The first kappa shape index (κ1) is 12.6. The number of hydrogen-bond acceptors (Lipinski definition) is 1. The summed E-state index contributed by atoms with van der Waals surface area (Å²) in [5, 5.41) is 0. The van der Waals surface area contributed by atoms with Crippen molar-refractivity contribution in [3.63, 3.8) is 0 Å². The van der Waals surface area contributed by atoms with Gasteiger partial charge in [-0.05, 0) is 37.0 Å². The van der Waals surface area contributed by atoms with Gasteiger partial charge in [-0.2, -0.15) is 0 Å². The van der Waals surface area contributed by atoms with Crippen molar-refractivity contribution in [2.45, 2.75) is 56.9 Å². The van der Waals surface area contributed by atoms with Crippen LogP contribution in [0.2, 0.25) is 0 Å². The van der Waals surface area contributed by atoms with E-state index in [-0.39, 0.29) is 11.4 Å². The van der Waals surface area contributed by atoms with E-state index in [4.69, 9.17) is 5.73 Å². The van der Waals surface area contributed by atoms with Crippen molar-refractivity contribution in [1.82, 2.24) is 0 Å².